The summed E-state index contributed by atoms with van der Waals surface area (Å²) >= 11 is 1.02. The molecule has 0 saturated heterocycles. The standard InChI is InChI=1S/C15H16F4N4OS/c1-23(7-6-15(17,18)19)9-12-21-22-14(25-12)13(24)20-8-10-2-4-11(16)5-3-10/h2-5H,6-9H2,1H3,(H,20,24). The maximum Gasteiger partial charge on any atom is 0.390 e. The van der Waals surface area contributed by atoms with Crippen LogP contribution >= 0.6 is 11.3 Å². The summed E-state index contributed by atoms with van der Waals surface area (Å²) in [5.41, 5.74) is 0.728. The molecule has 10 heteroatoms. The minimum Gasteiger partial charge on any atom is -0.346 e. The molecule has 1 heterocycles. The molecule has 1 amide bonds. The fraction of sp³-hybridized carbons (Fsp3) is 0.400. The Labute approximate surface area is 145 Å². The average molecular weight is 376 g/mol. The Bertz CT molecular complexity index is 702. The molecular formula is C15H16F4N4OS. The fourth-order valence-electron chi connectivity index (χ4n) is 1.90. The third kappa shape index (κ3) is 6.75. The van der Waals surface area contributed by atoms with Crippen LogP contribution < -0.4 is 5.32 Å². The van der Waals surface area contributed by atoms with E-state index in [1.807, 2.05) is 0 Å². The van der Waals surface area contributed by atoms with Crippen LogP contribution in [0.15, 0.2) is 24.3 Å². The molecule has 0 atom stereocenters. The van der Waals surface area contributed by atoms with Crippen molar-refractivity contribution in [1.29, 1.82) is 0 Å². The summed E-state index contributed by atoms with van der Waals surface area (Å²) < 4.78 is 49.4. The van der Waals surface area contributed by atoms with E-state index in [4.69, 9.17) is 0 Å². The molecule has 2 aromatic rings. The van der Waals surface area contributed by atoms with Crippen LogP contribution in [-0.4, -0.2) is 40.8 Å². The number of amides is 1. The smallest absolute Gasteiger partial charge is 0.346 e. The number of carbonyl (C=O) groups is 1. The first kappa shape index (κ1) is 19.3. The summed E-state index contributed by atoms with van der Waals surface area (Å²) in [6.45, 7) is 0.230. The first-order valence-corrected chi connectivity index (χ1v) is 8.15. The van der Waals surface area contributed by atoms with Crippen molar-refractivity contribution in [3.8, 4) is 0 Å². The van der Waals surface area contributed by atoms with Gasteiger partial charge in [-0.2, -0.15) is 13.2 Å². The summed E-state index contributed by atoms with van der Waals surface area (Å²) in [4.78, 5) is 13.5. The van der Waals surface area contributed by atoms with E-state index in [9.17, 15) is 22.4 Å². The van der Waals surface area contributed by atoms with Gasteiger partial charge in [-0.05, 0) is 24.7 Å². The van der Waals surface area contributed by atoms with Crippen molar-refractivity contribution in [3.05, 3.63) is 45.7 Å². The number of carbonyl (C=O) groups excluding carboxylic acids is 1. The number of halogens is 4. The molecule has 0 bridgehead atoms. The monoisotopic (exact) mass is 376 g/mol. The lowest BCUT2D eigenvalue weighted by Gasteiger charge is -2.15. The molecule has 5 nitrogen and oxygen atoms in total. The van der Waals surface area contributed by atoms with Crippen LogP contribution in [0.4, 0.5) is 17.6 Å². The predicted molar refractivity (Wildman–Crippen MR) is 84.5 cm³/mol. The van der Waals surface area contributed by atoms with Gasteiger partial charge in [-0.15, -0.1) is 10.2 Å². The summed E-state index contributed by atoms with van der Waals surface area (Å²) in [7, 11) is 1.54. The van der Waals surface area contributed by atoms with Crippen molar-refractivity contribution in [2.45, 2.75) is 25.7 Å². The lowest BCUT2D eigenvalue weighted by Crippen LogP contribution is -2.24. The first-order valence-electron chi connectivity index (χ1n) is 7.33. The highest BCUT2D eigenvalue weighted by Gasteiger charge is 2.27. The molecule has 0 fully saturated rings. The molecule has 0 unspecified atom stereocenters. The predicted octanol–water partition coefficient (Wildman–Crippen LogP) is 2.99. The molecule has 136 valence electrons. The van der Waals surface area contributed by atoms with Crippen molar-refractivity contribution in [2.75, 3.05) is 13.6 Å². The molecule has 1 aromatic carbocycles. The van der Waals surface area contributed by atoms with Gasteiger partial charge in [-0.25, -0.2) is 4.39 Å². The zero-order chi connectivity index (χ0) is 18.4. The van der Waals surface area contributed by atoms with E-state index in [0.29, 0.717) is 5.01 Å². The van der Waals surface area contributed by atoms with Crippen molar-refractivity contribution in [2.24, 2.45) is 0 Å². The topological polar surface area (TPSA) is 58.1 Å². The van der Waals surface area contributed by atoms with Gasteiger partial charge >= 0.3 is 6.18 Å². The molecule has 25 heavy (non-hydrogen) atoms. The number of alkyl halides is 3. The average Bonchev–Trinajstić information content (AvgIpc) is 3.00. The van der Waals surface area contributed by atoms with Gasteiger partial charge in [-0.1, -0.05) is 23.5 Å². The number of aromatic nitrogens is 2. The Morgan fingerprint density at radius 3 is 2.56 bits per heavy atom. The fourth-order valence-corrected chi connectivity index (χ4v) is 2.73. The molecular weight excluding hydrogens is 360 g/mol. The van der Waals surface area contributed by atoms with Crippen LogP contribution in [0.3, 0.4) is 0 Å². The van der Waals surface area contributed by atoms with Crippen LogP contribution in [0.1, 0.15) is 26.8 Å². The molecule has 1 N–H and O–H groups in total. The van der Waals surface area contributed by atoms with E-state index in [1.165, 1.54) is 17.0 Å². The molecule has 0 aliphatic carbocycles. The normalized spacial score (nSPS) is 11.8. The highest BCUT2D eigenvalue weighted by Crippen LogP contribution is 2.20. The lowest BCUT2D eigenvalue weighted by atomic mass is 10.2. The van der Waals surface area contributed by atoms with Gasteiger partial charge in [0.05, 0.1) is 13.0 Å². The van der Waals surface area contributed by atoms with E-state index in [0.717, 1.165) is 16.9 Å². The van der Waals surface area contributed by atoms with Gasteiger partial charge in [0.25, 0.3) is 5.91 Å². The van der Waals surface area contributed by atoms with Gasteiger partial charge in [0.1, 0.15) is 10.8 Å². The molecule has 0 saturated carbocycles. The molecule has 0 spiro atoms. The summed E-state index contributed by atoms with van der Waals surface area (Å²) in [5, 5.41) is 10.8. The maximum atomic E-state index is 12.8. The van der Waals surface area contributed by atoms with Crippen molar-refractivity contribution in [1.82, 2.24) is 20.4 Å². The summed E-state index contributed by atoms with van der Waals surface area (Å²) in [5.74, 6) is -0.801. The zero-order valence-electron chi connectivity index (χ0n) is 13.3. The Hall–Kier alpha value is -2.07. The molecule has 1 aromatic heterocycles. The highest BCUT2D eigenvalue weighted by atomic mass is 32.1. The summed E-state index contributed by atoms with van der Waals surface area (Å²) in [6.07, 6.45) is -5.12. The highest BCUT2D eigenvalue weighted by molar-refractivity contribution is 7.13. The van der Waals surface area contributed by atoms with Crippen LogP contribution in [0, 0.1) is 5.82 Å². The molecule has 2 rings (SSSR count). The minimum absolute atomic E-state index is 0.126. The lowest BCUT2D eigenvalue weighted by molar-refractivity contribution is -0.137. The van der Waals surface area contributed by atoms with Crippen LogP contribution in [0.5, 0.6) is 0 Å². The zero-order valence-corrected chi connectivity index (χ0v) is 14.1. The number of hydrogen-bond acceptors (Lipinski definition) is 5. The van der Waals surface area contributed by atoms with Gasteiger partial charge in [0.2, 0.25) is 5.01 Å². The van der Waals surface area contributed by atoms with Gasteiger partial charge in [-0.3, -0.25) is 9.69 Å². The second kappa shape index (κ2) is 8.34. The Balaban J connectivity index is 1.83. The van der Waals surface area contributed by atoms with E-state index in [-0.39, 0.29) is 30.5 Å². The molecule has 0 aliphatic rings. The minimum atomic E-state index is -4.21. The third-order valence-electron chi connectivity index (χ3n) is 3.21. The SMILES string of the molecule is CN(CCC(F)(F)F)Cc1nnc(C(=O)NCc2ccc(F)cc2)s1. The van der Waals surface area contributed by atoms with E-state index >= 15 is 0 Å². The Kier molecular flexibility index (Phi) is 6.43. The van der Waals surface area contributed by atoms with Gasteiger partial charge in [0.15, 0.2) is 0 Å². The number of nitrogens with zero attached hydrogens (tertiary/aromatic N) is 3. The Morgan fingerprint density at radius 2 is 1.92 bits per heavy atom. The number of hydrogen-bond donors (Lipinski definition) is 1. The van der Waals surface area contributed by atoms with Crippen molar-refractivity contribution >= 4 is 17.2 Å². The van der Waals surface area contributed by atoms with Gasteiger partial charge < -0.3 is 5.32 Å². The molecule has 0 aliphatic heterocycles. The number of rotatable bonds is 7. The number of benzene rings is 1. The second-order valence-corrected chi connectivity index (χ2v) is 6.48. The van der Waals surface area contributed by atoms with Crippen LogP contribution in [0.25, 0.3) is 0 Å². The third-order valence-corrected chi connectivity index (χ3v) is 4.12. The van der Waals surface area contributed by atoms with Crippen molar-refractivity contribution < 1.29 is 22.4 Å². The molecule has 0 radical (unpaired) electrons. The Morgan fingerprint density at radius 1 is 1.24 bits per heavy atom. The second-order valence-electron chi connectivity index (χ2n) is 5.41. The summed E-state index contributed by atoms with van der Waals surface area (Å²) in [6, 6.07) is 5.69. The van der Waals surface area contributed by atoms with Crippen molar-refractivity contribution in [3.63, 3.8) is 0 Å². The largest absolute Gasteiger partial charge is 0.390 e. The first-order chi connectivity index (χ1) is 11.7. The van der Waals surface area contributed by atoms with E-state index in [2.05, 4.69) is 15.5 Å². The maximum absolute atomic E-state index is 12.8. The van der Waals surface area contributed by atoms with E-state index < -0.39 is 18.5 Å². The van der Waals surface area contributed by atoms with Crippen LogP contribution in [0.2, 0.25) is 0 Å². The van der Waals surface area contributed by atoms with Gasteiger partial charge in [0, 0.05) is 13.1 Å². The number of nitrogens with one attached hydrogen (secondary N) is 1. The quantitative estimate of drug-likeness (QED) is 0.755. The van der Waals surface area contributed by atoms with E-state index in [1.54, 1.807) is 19.2 Å². The van der Waals surface area contributed by atoms with Crippen LogP contribution in [-0.2, 0) is 13.1 Å².